The molecule has 1 saturated heterocycles. The second-order valence-corrected chi connectivity index (χ2v) is 8.52. The number of carbonyl (C=O) groups is 1. The number of aliphatic imine (C=N–C) groups is 1. The summed E-state index contributed by atoms with van der Waals surface area (Å²) in [6.07, 6.45) is 8.27. The van der Waals surface area contributed by atoms with Crippen molar-refractivity contribution in [3.05, 3.63) is 23.9 Å². The highest BCUT2D eigenvalue weighted by molar-refractivity contribution is 14.0. The van der Waals surface area contributed by atoms with Crippen molar-refractivity contribution in [1.29, 1.82) is 0 Å². The number of hydrogen-bond donors (Lipinski definition) is 2. The maximum Gasteiger partial charge on any atom is 0.222 e. The summed E-state index contributed by atoms with van der Waals surface area (Å²) in [5.74, 6) is 2.51. The third kappa shape index (κ3) is 8.12. The number of amides is 1. The maximum absolute atomic E-state index is 11.9. The summed E-state index contributed by atoms with van der Waals surface area (Å²) < 4.78 is 6.12. The van der Waals surface area contributed by atoms with Gasteiger partial charge in [-0.2, -0.15) is 0 Å². The molecule has 31 heavy (non-hydrogen) atoms. The van der Waals surface area contributed by atoms with Crippen LogP contribution in [-0.2, 0) is 11.3 Å². The number of nitrogens with one attached hydrogen (secondary N) is 2. The molecule has 1 unspecified atom stereocenters. The maximum atomic E-state index is 11.9. The molecule has 2 heterocycles. The number of hydrogen-bond acceptors (Lipinski definition) is 4. The molecule has 1 aliphatic heterocycles. The van der Waals surface area contributed by atoms with Crippen molar-refractivity contribution >= 4 is 35.8 Å². The zero-order valence-corrected chi connectivity index (χ0v) is 21.4. The van der Waals surface area contributed by atoms with Gasteiger partial charge in [0, 0.05) is 44.4 Å². The zero-order valence-electron chi connectivity index (χ0n) is 19.1. The first-order valence-corrected chi connectivity index (χ1v) is 11.5. The molecule has 2 aliphatic rings. The zero-order chi connectivity index (χ0) is 21.3. The first-order chi connectivity index (χ1) is 14.6. The molecule has 0 aromatic carbocycles. The molecule has 1 atom stereocenters. The van der Waals surface area contributed by atoms with Crippen LogP contribution in [0.3, 0.4) is 0 Å². The normalized spacial score (nSPS) is 23.8. The fourth-order valence-electron chi connectivity index (χ4n) is 4.14. The number of ether oxygens (including phenoxy) is 1. The predicted octanol–water partition coefficient (Wildman–Crippen LogP) is 3.72. The van der Waals surface area contributed by atoms with E-state index in [0.717, 1.165) is 56.3 Å². The Morgan fingerprint density at radius 1 is 1.26 bits per heavy atom. The van der Waals surface area contributed by atoms with Gasteiger partial charge in [0.25, 0.3) is 0 Å². The first-order valence-electron chi connectivity index (χ1n) is 11.5. The van der Waals surface area contributed by atoms with Crippen molar-refractivity contribution in [2.24, 2.45) is 10.9 Å². The van der Waals surface area contributed by atoms with Crippen LogP contribution in [0.15, 0.2) is 23.3 Å². The summed E-state index contributed by atoms with van der Waals surface area (Å²) in [5, 5.41) is 6.79. The first kappa shape index (κ1) is 25.7. The highest BCUT2D eigenvalue weighted by Crippen LogP contribution is 2.26. The smallest absolute Gasteiger partial charge is 0.222 e. The van der Waals surface area contributed by atoms with E-state index in [1.165, 1.54) is 12.8 Å². The number of carbonyl (C=O) groups excluding carboxylic acids is 1. The summed E-state index contributed by atoms with van der Waals surface area (Å²) in [4.78, 5) is 23.0. The number of likely N-dealkylation sites (tertiary alicyclic amines) is 1. The largest absolute Gasteiger partial charge is 0.474 e. The molecule has 8 heteroatoms. The van der Waals surface area contributed by atoms with E-state index in [-0.39, 0.29) is 42.0 Å². The monoisotopic (exact) mass is 543 g/mol. The SMILES string of the molecule is CCNC(=NCc1ccnc(OC2CCC(C)CC2)c1)NC1CCN(C(=O)CC)C1.I. The van der Waals surface area contributed by atoms with E-state index in [0.29, 0.717) is 18.8 Å². The second-order valence-electron chi connectivity index (χ2n) is 8.52. The Morgan fingerprint density at radius 3 is 2.74 bits per heavy atom. The Hall–Kier alpha value is -1.58. The average Bonchev–Trinajstić information content (AvgIpc) is 3.22. The lowest BCUT2D eigenvalue weighted by Gasteiger charge is -2.26. The highest BCUT2D eigenvalue weighted by Gasteiger charge is 2.25. The predicted molar refractivity (Wildman–Crippen MR) is 135 cm³/mol. The average molecular weight is 543 g/mol. The van der Waals surface area contributed by atoms with Crippen LogP contribution < -0.4 is 15.4 Å². The number of pyridine rings is 1. The van der Waals surface area contributed by atoms with E-state index < -0.39 is 0 Å². The lowest BCUT2D eigenvalue weighted by molar-refractivity contribution is -0.129. The van der Waals surface area contributed by atoms with Crippen LogP contribution in [0.5, 0.6) is 5.88 Å². The van der Waals surface area contributed by atoms with Gasteiger partial charge in [-0.3, -0.25) is 4.79 Å². The van der Waals surface area contributed by atoms with Crippen molar-refractivity contribution in [2.45, 2.75) is 78.0 Å². The van der Waals surface area contributed by atoms with Gasteiger partial charge in [0.05, 0.1) is 6.54 Å². The Morgan fingerprint density at radius 2 is 2.03 bits per heavy atom. The summed E-state index contributed by atoms with van der Waals surface area (Å²) in [6.45, 7) is 9.19. The van der Waals surface area contributed by atoms with Gasteiger partial charge in [-0.05, 0) is 56.6 Å². The van der Waals surface area contributed by atoms with Gasteiger partial charge in [-0.25, -0.2) is 9.98 Å². The number of halogens is 1. The molecule has 3 rings (SSSR count). The van der Waals surface area contributed by atoms with Crippen LogP contribution in [-0.4, -0.2) is 53.5 Å². The Bertz CT molecular complexity index is 722. The van der Waals surface area contributed by atoms with E-state index in [9.17, 15) is 4.79 Å². The second kappa shape index (κ2) is 13.1. The van der Waals surface area contributed by atoms with Crippen LogP contribution in [0, 0.1) is 5.92 Å². The minimum Gasteiger partial charge on any atom is -0.474 e. The van der Waals surface area contributed by atoms with Gasteiger partial charge in [-0.15, -0.1) is 24.0 Å². The molecule has 0 spiro atoms. The molecule has 1 aromatic rings. The van der Waals surface area contributed by atoms with Crippen molar-refractivity contribution in [3.8, 4) is 5.88 Å². The number of guanidine groups is 1. The van der Waals surface area contributed by atoms with E-state index in [2.05, 4.69) is 29.5 Å². The van der Waals surface area contributed by atoms with Crippen LogP contribution in [0.4, 0.5) is 0 Å². The lowest BCUT2D eigenvalue weighted by atomic mass is 9.89. The minimum atomic E-state index is 0. The van der Waals surface area contributed by atoms with Crippen molar-refractivity contribution in [2.75, 3.05) is 19.6 Å². The standard InChI is InChI=1S/C23H37N5O2.HI/c1-4-22(29)28-13-11-19(16-28)27-23(24-5-2)26-15-18-10-12-25-21(14-18)30-20-8-6-17(3)7-9-20;/h10,12,14,17,19-20H,4-9,11,13,15-16H2,1-3H3,(H2,24,26,27);1H. The van der Waals surface area contributed by atoms with Crippen molar-refractivity contribution in [1.82, 2.24) is 20.5 Å². The van der Waals surface area contributed by atoms with E-state index >= 15 is 0 Å². The number of rotatable bonds is 7. The van der Waals surface area contributed by atoms with Crippen molar-refractivity contribution < 1.29 is 9.53 Å². The van der Waals surface area contributed by atoms with Gasteiger partial charge in [-0.1, -0.05) is 13.8 Å². The van der Waals surface area contributed by atoms with E-state index in [4.69, 9.17) is 9.73 Å². The Labute approximate surface area is 203 Å². The van der Waals surface area contributed by atoms with Crippen LogP contribution in [0.1, 0.15) is 64.9 Å². The van der Waals surface area contributed by atoms with Gasteiger partial charge >= 0.3 is 0 Å². The fourth-order valence-corrected chi connectivity index (χ4v) is 4.14. The molecule has 0 radical (unpaired) electrons. The molecule has 2 N–H and O–H groups in total. The molecule has 1 saturated carbocycles. The van der Waals surface area contributed by atoms with Crippen molar-refractivity contribution in [3.63, 3.8) is 0 Å². The molecule has 7 nitrogen and oxygen atoms in total. The Balaban J connectivity index is 0.00000341. The quantitative estimate of drug-likeness (QED) is 0.312. The molecular formula is C23H38IN5O2. The van der Waals surface area contributed by atoms with Crippen LogP contribution in [0.2, 0.25) is 0 Å². The molecule has 174 valence electrons. The van der Waals surface area contributed by atoms with Crippen LogP contribution >= 0.6 is 24.0 Å². The topological polar surface area (TPSA) is 78.9 Å². The van der Waals surface area contributed by atoms with E-state index in [1.807, 2.05) is 24.0 Å². The molecule has 2 fully saturated rings. The van der Waals surface area contributed by atoms with E-state index in [1.54, 1.807) is 6.20 Å². The molecule has 1 aromatic heterocycles. The fraction of sp³-hybridized carbons (Fsp3) is 0.696. The third-order valence-electron chi connectivity index (χ3n) is 6.00. The van der Waals surface area contributed by atoms with Crippen LogP contribution in [0.25, 0.3) is 0 Å². The minimum absolute atomic E-state index is 0. The molecule has 1 aliphatic carbocycles. The summed E-state index contributed by atoms with van der Waals surface area (Å²) in [5.41, 5.74) is 1.08. The Kier molecular flexibility index (Phi) is 10.8. The van der Waals surface area contributed by atoms with Gasteiger partial charge in [0.15, 0.2) is 5.96 Å². The lowest BCUT2D eigenvalue weighted by Crippen LogP contribution is -2.45. The molecular weight excluding hydrogens is 505 g/mol. The van der Waals surface area contributed by atoms with Gasteiger partial charge < -0.3 is 20.3 Å². The van der Waals surface area contributed by atoms with Gasteiger partial charge in [0.2, 0.25) is 11.8 Å². The third-order valence-corrected chi connectivity index (χ3v) is 6.00. The number of aromatic nitrogens is 1. The number of nitrogens with zero attached hydrogens (tertiary/aromatic N) is 3. The summed E-state index contributed by atoms with van der Waals surface area (Å²) >= 11 is 0. The molecule has 0 bridgehead atoms. The van der Waals surface area contributed by atoms with Gasteiger partial charge in [0.1, 0.15) is 6.10 Å². The molecule has 1 amide bonds. The highest BCUT2D eigenvalue weighted by atomic mass is 127. The summed E-state index contributed by atoms with van der Waals surface area (Å²) in [7, 11) is 0. The summed E-state index contributed by atoms with van der Waals surface area (Å²) in [6, 6.07) is 4.23.